The molecule has 0 aliphatic heterocycles. The maximum Gasteiger partial charge on any atom is 0.155 e. The van der Waals surface area contributed by atoms with E-state index < -0.39 is 6.10 Å². The fourth-order valence-electron chi connectivity index (χ4n) is 2.23. The van der Waals surface area contributed by atoms with E-state index in [2.05, 4.69) is 20.3 Å². The minimum atomic E-state index is -0.552. The van der Waals surface area contributed by atoms with E-state index in [9.17, 15) is 5.11 Å². The third-order valence-electron chi connectivity index (χ3n) is 3.43. The van der Waals surface area contributed by atoms with Crippen molar-refractivity contribution < 1.29 is 5.11 Å². The van der Waals surface area contributed by atoms with E-state index in [0.29, 0.717) is 23.0 Å². The van der Waals surface area contributed by atoms with Crippen LogP contribution in [0.1, 0.15) is 30.3 Å². The number of pyridine rings is 2. The van der Waals surface area contributed by atoms with Crippen LogP contribution >= 0.6 is 11.6 Å². The second-order valence-electron chi connectivity index (χ2n) is 5.15. The summed E-state index contributed by atoms with van der Waals surface area (Å²) in [6.07, 6.45) is 6.70. The van der Waals surface area contributed by atoms with Crippen LogP contribution in [0.3, 0.4) is 0 Å². The van der Waals surface area contributed by atoms with Gasteiger partial charge < -0.3 is 5.11 Å². The monoisotopic (exact) mass is 329 g/mol. The maximum absolute atomic E-state index is 10.1. The molecule has 1 N–H and O–H groups in total. The first-order valence-corrected chi connectivity index (χ1v) is 7.72. The Morgan fingerprint density at radius 3 is 2.83 bits per heavy atom. The van der Waals surface area contributed by atoms with Crippen molar-refractivity contribution in [2.75, 3.05) is 0 Å². The third kappa shape index (κ3) is 4.12. The molecule has 0 radical (unpaired) electrons. The highest BCUT2D eigenvalue weighted by Crippen LogP contribution is 2.17. The van der Waals surface area contributed by atoms with Crippen molar-refractivity contribution in [1.29, 1.82) is 0 Å². The molecule has 0 fully saturated rings. The summed E-state index contributed by atoms with van der Waals surface area (Å²) in [6.45, 7) is 0. The Labute approximate surface area is 138 Å². The van der Waals surface area contributed by atoms with Crippen molar-refractivity contribution in [3.05, 3.63) is 65.3 Å². The van der Waals surface area contributed by atoms with Crippen molar-refractivity contribution in [3.63, 3.8) is 0 Å². The highest BCUT2D eigenvalue weighted by atomic mass is 35.5. The first kappa shape index (κ1) is 15.6. The van der Waals surface area contributed by atoms with Gasteiger partial charge in [-0.2, -0.15) is 0 Å². The predicted octanol–water partition coefficient (Wildman–Crippen LogP) is 2.77. The number of hydrogen-bond acceptors (Lipinski definition) is 5. The second kappa shape index (κ2) is 7.30. The number of nitrogens with zero attached hydrogens (tertiary/aromatic N) is 5. The zero-order valence-corrected chi connectivity index (χ0v) is 13.1. The lowest BCUT2D eigenvalue weighted by Crippen LogP contribution is -2.00. The van der Waals surface area contributed by atoms with Gasteiger partial charge in [0.1, 0.15) is 0 Å². The van der Waals surface area contributed by atoms with Crippen LogP contribution in [0.25, 0.3) is 5.82 Å². The molecule has 3 aromatic rings. The quantitative estimate of drug-likeness (QED) is 0.752. The van der Waals surface area contributed by atoms with E-state index in [1.165, 1.54) is 0 Å². The van der Waals surface area contributed by atoms with Crippen LogP contribution in [0.15, 0.2) is 48.9 Å². The second-order valence-corrected chi connectivity index (χ2v) is 5.59. The molecule has 6 nitrogen and oxygen atoms in total. The molecule has 0 bridgehead atoms. The van der Waals surface area contributed by atoms with Gasteiger partial charge in [-0.25, -0.2) is 9.67 Å². The molecule has 0 amide bonds. The van der Waals surface area contributed by atoms with Gasteiger partial charge in [-0.15, -0.1) is 5.10 Å². The lowest BCUT2D eigenvalue weighted by atomic mass is 10.1. The van der Waals surface area contributed by atoms with E-state index >= 15 is 0 Å². The molecule has 0 spiro atoms. The summed E-state index contributed by atoms with van der Waals surface area (Å²) in [7, 11) is 0. The molecule has 1 atom stereocenters. The Morgan fingerprint density at radius 2 is 2.09 bits per heavy atom. The van der Waals surface area contributed by atoms with Gasteiger partial charge in [0.2, 0.25) is 0 Å². The molecule has 3 heterocycles. The van der Waals surface area contributed by atoms with Crippen LogP contribution in [0.4, 0.5) is 0 Å². The standard InChI is InChI=1S/C16H16ClN5O/c17-12-7-8-16(19-10-12)22-11-13(20-21-22)4-3-6-15(23)14-5-1-2-9-18-14/h1-2,5,7-11,15,23H,3-4,6H2. The van der Waals surface area contributed by atoms with Gasteiger partial charge in [-0.1, -0.05) is 22.9 Å². The number of aryl methyl sites for hydroxylation is 1. The van der Waals surface area contributed by atoms with Gasteiger partial charge >= 0.3 is 0 Å². The van der Waals surface area contributed by atoms with Gasteiger partial charge in [0, 0.05) is 12.4 Å². The molecule has 0 saturated heterocycles. The number of halogens is 1. The van der Waals surface area contributed by atoms with E-state index in [1.807, 2.05) is 24.4 Å². The first-order valence-electron chi connectivity index (χ1n) is 7.34. The number of rotatable bonds is 6. The van der Waals surface area contributed by atoms with Gasteiger partial charge in [0.25, 0.3) is 0 Å². The summed E-state index contributed by atoms with van der Waals surface area (Å²) >= 11 is 5.82. The van der Waals surface area contributed by atoms with Crippen LogP contribution < -0.4 is 0 Å². The zero-order valence-electron chi connectivity index (χ0n) is 12.4. The molecular weight excluding hydrogens is 314 g/mol. The van der Waals surface area contributed by atoms with Crippen LogP contribution in [0.2, 0.25) is 5.02 Å². The molecule has 23 heavy (non-hydrogen) atoms. The molecule has 0 aliphatic carbocycles. The normalized spacial score (nSPS) is 12.3. The molecule has 1 unspecified atom stereocenters. The topological polar surface area (TPSA) is 76.7 Å². The van der Waals surface area contributed by atoms with Crippen LogP contribution in [0.5, 0.6) is 0 Å². The van der Waals surface area contributed by atoms with Gasteiger partial charge in [0.15, 0.2) is 5.82 Å². The summed E-state index contributed by atoms with van der Waals surface area (Å²) in [5.41, 5.74) is 1.55. The number of hydrogen-bond donors (Lipinski definition) is 1. The Bertz CT molecular complexity index is 745. The molecule has 3 aromatic heterocycles. The van der Waals surface area contributed by atoms with Crippen molar-refractivity contribution in [2.24, 2.45) is 0 Å². The van der Waals surface area contributed by atoms with Crippen molar-refractivity contribution in [2.45, 2.75) is 25.4 Å². The van der Waals surface area contributed by atoms with Crippen LogP contribution in [-0.2, 0) is 6.42 Å². The fraction of sp³-hybridized carbons (Fsp3) is 0.250. The Kier molecular flexibility index (Phi) is 4.95. The predicted molar refractivity (Wildman–Crippen MR) is 86.3 cm³/mol. The van der Waals surface area contributed by atoms with Gasteiger partial charge in [0.05, 0.1) is 28.7 Å². The average Bonchev–Trinajstić information content (AvgIpc) is 3.05. The lowest BCUT2D eigenvalue weighted by molar-refractivity contribution is 0.160. The van der Waals surface area contributed by atoms with Gasteiger partial charge in [-0.3, -0.25) is 4.98 Å². The van der Waals surface area contributed by atoms with Crippen LogP contribution in [0, 0.1) is 0 Å². The molecular formula is C16H16ClN5O. The van der Waals surface area contributed by atoms with E-state index in [-0.39, 0.29) is 0 Å². The summed E-state index contributed by atoms with van der Waals surface area (Å²) < 4.78 is 1.61. The minimum Gasteiger partial charge on any atom is -0.387 e. The molecule has 0 aliphatic rings. The zero-order chi connectivity index (χ0) is 16.1. The number of aliphatic hydroxyl groups is 1. The van der Waals surface area contributed by atoms with Crippen molar-refractivity contribution >= 4 is 11.6 Å². The summed E-state index contributed by atoms with van der Waals surface area (Å²) in [5.74, 6) is 0.668. The van der Waals surface area contributed by atoms with Crippen molar-refractivity contribution in [1.82, 2.24) is 25.0 Å². The third-order valence-corrected chi connectivity index (χ3v) is 3.65. The summed E-state index contributed by atoms with van der Waals surface area (Å²) in [6, 6.07) is 9.07. The van der Waals surface area contributed by atoms with Gasteiger partial charge in [-0.05, 0) is 43.5 Å². The molecule has 0 saturated carbocycles. The Morgan fingerprint density at radius 1 is 1.17 bits per heavy atom. The van der Waals surface area contributed by atoms with E-state index in [1.54, 1.807) is 29.2 Å². The molecule has 118 valence electrons. The summed E-state index contributed by atoms with van der Waals surface area (Å²) in [5, 5.41) is 18.8. The van der Waals surface area contributed by atoms with Crippen LogP contribution in [-0.4, -0.2) is 30.1 Å². The minimum absolute atomic E-state index is 0.552. The lowest BCUT2D eigenvalue weighted by Gasteiger charge is -2.08. The number of aliphatic hydroxyl groups excluding tert-OH is 1. The molecule has 3 rings (SSSR count). The Balaban J connectivity index is 1.54. The average molecular weight is 330 g/mol. The van der Waals surface area contributed by atoms with E-state index in [4.69, 9.17) is 11.6 Å². The van der Waals surface area contributed by atoms with E-state index in [0.717, 1.165) is 18.5 Å². The SMILES string of the molecule is OC(CCCc1cn(-c2ccc(Cl)cn2)nn1)c1ccccn1. The molecule has 0 aromatic carbocycles. The Hall–Kier alpha value is -2.31. The first-order chi connectivity index (χ1) is 11.2. The fourth-order valence-corrected chi connectivity index (χ4v) is 2.34. The maximum atomic E-state index is 10.1. The highest BCUT2D eigenvalue weighted by Gasteiger charge is 2.09. The highest BCUT2D eigenvalue weighted by molar-refractivity contribution is 6.30. The van der Waals surface area contributed by atoms with Crippen molar-refractivity contribution in [3.8, 4) is 5.82 Å². The number of aromatic nitrogens is 5. The largest absolute Gasteiger partial charge is 0.387 e. The molecule has 7 heteroatoms. The smallest absolute Gasteiger partial charge is 0.155 e. The summed E-state index contributed by atoms with van der Waals surface area (Å²) in [4.78, 5) is 8.34.